The Morgan fingerprint density at radius 3 is 2.50 bits per heavy atom. The molecule has 0 spiro atoms. The fourth-order valence-corrected chi connectivity index (χ4v) is 2.57. The molecule has 1 nitrogen and oxygen atoms in total. The number of aryl methyl sites for hydroxylation is 1. The van der Waals surface area contributed by atoms with Crippen molar-refractivity contribution in [1.82, 2.24) is 4.98 Å². The summed E-state index contributed by atoms with van der Waals surface area (Å²) in [4.78, 5) is 4.86. The fraction of sp³-hybridized carbons (Fsp3) is 0.667. The minimum Gasteiger partial charge on any atom is -0.257 e. The maximum atomic E-state index is 4.86. The molecule has 1 heterocycles. The van der Waals surface area contributed by atoms with Crippen molar-refractivity contribution in [1.29, 1.82) is 0 Å². The highest BCUT2D eigenvalue weighted by atomic mass is 14.7. The van der Waals surface area contributed by atoms with Crippen molar-refractivity contribution in [2.24, 2.45) is 0 Å². The van der Waals surface area contributed by atoms with E-state index in [1.807, 2.05) is 0 Å². The molecule has 1 saturated carbocycles. The van der Waals surface area contributed by atoms with Gasteiger partial charge in [0.15, 0.2) is 0 Å². The largest absolute Gasteiger partial charge is 0.257 e. The van der Waals surface area contributed by atoms with E-state index in [0.29, 0.717) is 5.92 Å². The van der Waals surface area contributed by atoms with Crippen molar-refractivity contribution in [3.63, 3.8) is 0 Å². The van der Waals surface area contributed by atoms with E-state index in [1.165, 1.54) is 42.6 Å². The second-order valence-corrected chi connectivity index (χ2v) is 5.31. The number of hydrogen-bond acceptors (Lipinski definition) is 1. The Labute approximate surface area is 99.3 Å². The van der Waals surface area contributed by atoms with Crippen molar-refractivity contribution in [3.05, 3.63) is 29.1 Å². The normalized spacial score (nSPS) is 17.2. The Kier molecular flexibility index (Phi) is 3.63. The highest BCUT2D eigenvalue weighted by molar-refractivity contribution is 5.25. The number of aromatic nitrogens is 1. The molecule has 1 fully saturated rings. The van der Waals surface area contributed by atoms with Crippen molar-refractivity contribution in [2.45, 2.75) is 64.7 Å². The summed E-state index contributed by atoms with van der Waals surface area (Å²) in [6.45, 7) is 6.71. The van der Waals surface area contributed by atoms with E-state index in [2.05, 4.69) is 32.9 Å². The third-order valence-electron chi connectivity index (χ3n) is 3.70. The lowest BCUT2D eigenvalue weighted by atomic mass is 9.98. The van der Waals surface area contributed by atoms with Crippen LogP contribution in [0.5, 0.6) is 0 Å². The molecule has 0 aromatic carbocycles. The number of hydrogen-bond donors (Lipinski definition) is 0. The molecular formula is C15H23N. The molecule has 0 saturated heterocycles. The van der Waals surface area contributed by atoms with E-state index in [9.17, 15) is 0 Å². The van der Waals surface area contributed by atoms with E-state index in [0.717, 1.165) is 12.3 Å². The van der Waals surface area contributed by atoms with E-state index in [-0.39, 0.29) is 0 Å². The molecule has 0 amide bonds. The van der Waals surface area contributed by atoms with Crippen LogP contribution in [0.3, 0.4) is 0 Å². The highest BCUT2D eigenvalue weighted by Gasteiger charge is 2.19. The minimum atomic E-state index is 0.548. The van der Waals surface area contributed by atoms with Gasteiger partial charge in [-0.2, -0.15) is 0 Å². The molecule has 1 aliphatic carbocycles. The van der Waals surface area contributed by atoms with E-state index < -0.39 is 0 Å². The van der Waals surface area contributed by atoms with Gasteiger partial charge in [0, 0.05) is 17.3 Å². The Bertz CT molecular complexity index is 348. The summed E-state index contributed by atoms with van der Waals surface area (Å²) in [5.74, 6) is 1.29. The average molecular weight is 217 g/mol. The van der Waals surface area contributed by atoms with Crippen LogP contribution in [0.4, 0.5) is 0 Å². The summed E-state index contributed by atoms with van der Waals surface area (Å²) in [6.07, 6.45) is 6.59. The van der Waals surface area contributed by atoms with Crippen LogP contribution in [0.2, 0.25) is 0 Å². The first-order chi connectivity index (χ1) is 7.70. The molecule has 16 heavy (non-hydrogen) atoms. The third kappa shape index (κ3) is 2.45. The first-order valence-corrected chi connectivity index (χ1v) is 6.71. The molecule has 1 heteroatoms. The Morgan fingerprint density at radius 1 is 1.25 bits per heavy atom. The van der Waals surface area contributed by atoms with Gasteiger partial charge in [0.1, 0.15) is 0 Å². The fourth-order valence-electron chi connectivity index (χ4n) is 2.57. The topological polar surface area (TPSA) is 12.9 Å². The second-order valence-electron chi connectivity index (χ2n) is 5.31. The van der Waals surface area contributed by atoms with Crippen molar-refractivity contribution >= 4 is 0 Å². The zero-order chi connectivity index (χ0) is 11.5. The smallest absolute Gasteiger partial charge is 0.0440 e. The summed E-state index contributed by atoms with van der Waals surface area (Å²) in [5.41, 5.74) is 4.10. The van der Waals surface area contributed by atoms with Crippen molar-refractivity contribution in [3.8, 4) is 0 Å². The Balaban J connectivity index is 2.32. The van der Waals surface area contributed by atoms with Crippen LogP contribution >= 0.6 is 0 Å². The van der Waals surface area contributed by atoms with Gasteiger partial charge in [0.2, 0.25) is 0 Å². The zero-order valence-electron chi connectivity index (χ0n) is 10.8. The lowest BCUT2D eigenvalue weighted by Crippen LogP contribution is -2.03. The molecular weight excluding hydrogens is 194 g/mol. The van der Waals surface area contributed by atoms with Crippen molar-refractivity contribution in [2.75, 3.05) is 0 Å². The predicted octanol–water partition coefficient (Wildman–Crippen LogP) is 4.43. The van der Waals surface area contributed by atoms with Gasteiger partial charge >= 0.3 is 0 Å². The average Bonchev–Trinajstić information content (AvgIpc) is 2.81. The highest BCUT2D eigenvalue weighted by Crippen LogP contribution is 2.34. The SMILES string of the molecule is CCc1cc(C(C)C)nc(C2CCCC2)c1. The molecule has 0 unspecified atom stereocenters. The second kappa shape index (κ2) is 4.99. The summed E-state index contributed by atoms with van der Waals surface area (Å²) in [7, 11) is 0. The van der Waals surface area contributed by atoms with Crippen LogP contribution in [0.1, 0.15) is 75.2 Å². The first kappa shape index (κ1) is 11.6. The summed E-state index contributed by atoms with van der Waals surface area (Å²) in [6, 6.07) is 4.62. The lowest BCUT2D eigenvalue weighted by molar-refractivity contribution is 0.679. The van der Waals surface area contributed by atoms with E-state index >= 15 is 0 Å². The summed E-state index contributed by atoms with van der Waals surface area (Å²) >= 11 is 0. The molecule has 0 bridgehead atoms. The molecule has 2 rings (SSSR count). The first-order valence-electron chi connectivity index (χ1n) is 6.71. The number of rotatable bonds is 3. The van der Waals surface area contributed by atoms with E-state index in [1.54, 1.807) is 0 Å². The molecule has 1 aliphatic rings. The zero-order valence-corrected chi connectivity index (χ0v) is 10.8. The van der Waals surface area contributed by atoms with Gasteiger partial charge in [-0.15, -0.1) is 0 Å². The van der Waals surface area contributed by atoms with Crippen LogP contribution in [0.25, 0.3) is 0 Å². The number of pyridine rings is 1. The monoisotopic (exact) mass is 217 g/mol. The predicted molar refractivity (Wildman–Crippen MR) is 68.9 cm³/mol. The van der Waals surface area contributed by atoms with Gasteiger partial charge in [-0.1, -0.05) is 33.6 Å². The maximum Gasteiger partial charge on any atom is 0.0440 e. The van der Waals surface area contributed by atoms with E-state index in [4.69, 9.17) is 4.98 Å². The molecule has 0 radical (unpaired) electrons. The third-order valence-corrected chi connectivity index (χ3v) is 3.70. The van der Waals surface area contributed by atoms with Gasteiger partial charge < -0.3 is 0 Å². The molecule has 0 N–H and O–H groups in total. The van der Waals surface area contributed by atoms with Crippen LogP contribution in [0.15, 0.2) is 12.1 Å². The van der Waals surface area contributed by atoms with Crippen LogP contribution in [0, 0.1) is 0 Å². The molecule has 1 aromatic rings. The molecule has 1 aromatic heterocycles. The van der Waals surface area contributed by atoms with Crippen LogP contribution in [-0.2, 0) is 6.42 Å². The van der Waals surface area contributed by atoms with Gasteiger partial charge in [-0.25, -0.2) is 0 Å². The van der Waals surface area contributed by atoms with Gasteiger partial charge in [0.05, 0.1) is 0 Å². The van der Waals surface area contributed by atoms with Gasteiger partial charge in [0.25, 0.3) is 0 Å². The van der Waals surface area contributed by atoms with Crippen molar-refractivity contribution < 1.29 is 0 Å². The Morgan fingerprint density at radius 2 is 1.94 bits per heavy atom. The summed E-state index contributed by atoms with van der Waals surface area (Å²) < 4.78 is 0. The molecule has 0 atom stereocenters. The Hall–Kier alpha value is -0.850. The van der Waals surface area contributed by atoms with Crippen LogP contribution in [-0.4, -0.2) is 4.98 Å². The quantitative estimate of drug-likeness (QED) is 0.730. The lowest BCUT2D eigenvalue weighted by Gasteiger charge is -2.14. The van der Waals surface area contributed by atoms with Gasteiger partial charge in [-0.05, 0) is 42.9 Å². The number of nitrogens with zero attached hydrogens (tertiary/aromatic N) is 1. The maximum absolute atomic E-state index is 4.86. The minimum absolute atomic E-state index is 0.548. The molecule has 0 aliphatic heterocycles. The summed E-state index contributed by atoms with van der Waals surface area (Å²) in [5, 5.41) is 0. The standard InChI is InChI=1S/C15H23N/c1-4-12-9-14(11(2)3)16-15(10-12)13-7-5-6-8-13/h9-11,13H,4-8H2,1-3H3. The van der Waals surface area contributed by atoms with Crippen LogP contribution < -0.4 is 0 Å². The molecule has 88 valence electrons. The van der Waals surface area contributed by atoms with Gasteiger partial charge in [-0.3, -0.25) is 4.98 Å².